The van der Waals surface area contributed by atoms with Gasteiger partial charge in [-0.2, -0.15) is 10.1 Å². The number of nitrogens with zero attached hydrogens (tertiary/aromatic N) is 2. The molecule has 0 unspecified atom stereocenters. The normalized spacial score (nSPS) is 15.4. The highest BCUT2D eigenvalue weighted by Crippen LogP contribution is 2.35. The second kappa shape index (κ2) is 7.62. The Bertz CT molecular complexity index is 891. The number of benzene rings is 2. The molecule has 0 saturated heterocycles. The van der Waals surface area contributed by atoms with Gasteiger partial charge in [0.2, 0.25) is 0 Å². The highest BCUT2D eigenvalue weighted by molar-refractivity contribution is 6.35. The van der Waals surface area contributed by atoms with E-state index in [1.54, 1.807) is 32.2 Å². The lowest BCUT2D eigenvalue weighted by atomic mass is 10.1. The third-order valence-electron chi connectivity index (χ3n) is 3.95. The fraction of sp³-hybridized carbons (Fsp3) is 0.200. The quantitative estimate of drug-likeness (QED) is 0.725. The lowest BCUT2D eigenvalue weighted by molar-refractivity contribution is -0.114. The molecule has 0 fully saturated rings. The molecule has 134 valence electrons. The maximum absolute atomic E-state index is 12.8. The zero-order chi connectivity index (χ0) is 18.7. The van der Waals surface area contributed by atoms with E-state index in [0.29, 0.717) is 40.0 Å². The Kier molecular flexibility index (Phi) is 5.28. The number of hydrogen-bond acceptors (Lipinski definition) is 4. The van der Waals surface area contributed by atoms with Crippen LogP contribution >= 0.6 is 11.6 Å². The molecule has 2 aromatic carbocycles. The topological polar surface area (TPSA) is 51.1 Å². The van der Waals surface area contributed by atoms with Gasteiger partial charge in [-0.25, -0.2) is 0 Å². The van der Waals surface area contributed by atoms with Crippen molar-refractivity contribution >= 4 is 35.0 Å². The summed E-state index contributed by atoms with van der Waals surface area (Å²) >= 11 is 6.36. The number of methoxy groups -OCH3 is 1. The molecule has 0 spiro atoms. The van der Waals surface area contributed by atoms with Crippen LogP contribution in [0.15, 0.2) is 53.1 Å². The number of carbonyl (C=O) groups is 1. The van der Waals surface area contributed by atoms with Crippen LogP contribution in [0.2, 0.25) is 5.02 Å². The summed E-state index contributed by atoms with van der Waals surface area (Å²) in [4.78, 5) is 12.8. The van der Waals surface area contributed by atoms with Gasteiger partial charge in [-0.05, 0) is 43.7 Å². The fourth-order valence-corrected chi connectivity index (χ4v) is 2.88. The number of anilines is 1. The smallest absolute Gasteiger partial charge is 0.280 e. The van der Waals surface area contributed by atoms with E-state index in [4.69, 9.17) is 21.1 Å². The highest BCUT2D eigenvalue weighted by atomic mass is 35.5. The summed E-state index contributed by atoms with van der Waals surface area (Å²) < 4.78 is 10.9. The number of amides is 1. The van der Waals surface area contributed by atoms with Crippen LogP contribution in [0.3, 0.4) is 0 Å². The van der Waals surface area contributed by atoms with Crippen molar-refractivity contribution in [3.05, 3.63) is 58.6 Å². The van der Waals surface area contributed by atoms with Crippen molar-refractivity contribution in [1.29, 1.82) is 0 Å². The van der Waals surface area contributed by atoms with Crippen molar-refractivity contribution in [1.82, 2.24) is 0 Å². The Morgan fingerprint density at radius 1 is 1.19 bits per heavy atom. The van der Waals surface area contributed by atoms with Crippen LogP contribution in [0.4, 0.5) is 5.69 Å². The maximum Gasteiger partial charge on any atom is 0.280 e. The molecule has 1 amide bonds. The Balaban J connectivity index is 1.99. The van der Waals surface area contributed by atoms with Gasteiger partial charge < -0.3 is 9.47 Å². The van der Waals surface area contributed by atoms with E-state index in [-0.39, 0.29) is 5.91 Å². The molecule has 1 heterocycles. The highest BCUT2D eigenvalue weighted by Gasteiger charge is 2.28. The number of hydrogen-bond donors (Lipinski definition) is 0. The minimum Gasteiger partial charge on any atom is -0.493 e. The second-order valence-corrected chi connectivity index (χ2v) is 6.06. The number of halogens is 1. The first kappa shape index (κ1) is 18.0. The molecule has 0 atom stereocenters. The number of ether oxygens (including phenoxy) is 2. The van der Waals surface area contributed by atoms with Crippen LogP contribution in [-0.4, -0.2) is 25.3 Å². The van der Waals surface area contributed by atoms with Crippen LogP contribution in [0.1, 0.15) is 19.4 Å². The summed E-state index contributed by atoms with van der Waals surface area (Å²) in [5.74, 6) is 0.929. The first-order valence-electron chi connectivity index (χ1n) is 8.22. The first-order valence-corrected chi connectivity index (χ1v) is 8.60. The van der Waals surface area contributed by atoms with E-state index in [1.807, 2.05) is 37.3 Å². The molecule has 5 nitrogen and oxygen atoms in total. The predicted molar refractivity (Wildman–Crippen MR) is 104 cm³/mol. The summed E-state index contributed by atoms with van der Waals surface area (Å²) in [7, 11) is 1.56. The van der Waals surface area contributed by atoms with Crippen LogP contribution in [-0.2, 0) is 4.79 Å². The predicted octanol–water partition coefficient (Wildman–Crippen LogP) is 4.55. The van der Waals surface area contributed by atoms with Gasteiger partial charge in [0, 0.05) is 6.07 Å². The monoisotopic (exact) mass is 370 g/mol. The molecule has 1 aliphatic rings. The van der Waals surface area contributed by atoms with Crippen molar-refractivity contribution in [3.63, 3.8) is 0 Å². The molecule has 0 N–H and O–H groups in total. The molecule has 0 saturated carbocycles. The average molecular weight is 371 g/mol. The van der Waals surface area contributed by atoms with Gasteiger partial charge in [0.1, 0.15) is 0 Å². The molecule has 6 heteroatoms. The lowest BCUT2D eigenvalue weighted by Gasteiger charge is -2.12. The van der Waals surface area contributed by atoms with E-state index in [1.165, 1.54) is 5.01 Å². The Morgan fingerprint density at radius 2 is 1.92 bits per heavy atom. The molecule has 1 aliphatic heterocycles. The second-order valence-electron chi connectivity index (χ2n) is 5.65. The molecule has 26 heavy (non-hydrogen) atoms. The van der Waals surface area contributed by atoms with E-state index >= 15 is 0 Å². The van der Waals surface area contributed by atoms with Crippen LogP contribution in [0.25, 0.3) is 6.08 Å². The number of para-hydroxylation sites is 1. The SMILES string of the molecule is CCOc1cc(/C=C2/C(=O)N(c3ccccc3)N=C2C)c(Cl)cc1OC. The third kappa shape index (κ3) is 3.44. The van der Waals surface area contributed by atoms with Gasteiger partial charge in [0.15, 0.2) is 11.5 Å². The third-order valence-corrected chi connectivity index (χ3v) is 4.27. The van der Waals surface area contributed by atoms with Crippen LogP contribution < -0.4 is 14.5 Å². The van der Waals surface area contributed by atoms with E-state index in [9.17, 15) is 4.79 Å². The number of hydrazone groups is 1. The van der Waals surface area contributed by atoms with Crippen molar-refractivity contribution in [2.24, 2.45) is 5.10 Å². The van der Waals surface area contributed by atoms with Crippen LogP contribution in [0, 0.1) is 0 Å². The summed E-state index contributed by atoms with van der Waals surface area (Å²) in [6.07, 6.45) is 1.73. The van der Waals surface area contributed by atoms with Crippen molar-refractivity contribution in [2.75, 3.05) is 18.7 Å². The van der Waals surface area contributed by atoms with E-state index in [2.05, 4.69) is 5.10 Å². The largest absolute Gasteiger partial charge is 0.493 e. The zero-order valence-corrected chi connectivity index (χ0v) is 15.6. The molecule has 0 bridgehead atoms. The van der Waals surface area contributed by atoms with Crippen LogP contribution in [0.5, 0.6) is 11.5 Å². The summed E-state index contributed by atoms with van der Waals surface area (Å²) in [5.41, 5.74) is 2.51. The lowest BCUT2D eigenvalue weighted by Crippen LogP contribution is -2.21. The fourth-order valence-electron chi connectivity index (χ4n) is 2.67. The Labute approximate surface area is 157 Å². The number of carbonyl (C=O) groups excluding carboxylic acids is 1. The van der Waals surface area contributed by atoms with Gasteiger partial charge in [-0.1, -0.05) is 29.8 Å². The van der Waals surface area contributed by atoms with Gasteiger partial charge in [0.25, 0.3) is 5.91 Å². The van der Waals surface area contributed by atoms with Crippen molar-refractivity contribution in [2.45, 2.75) is 13.8 Å². The van der Waals surface area contributed by atoms with Gasteiger partial charge >= 0.3 is 0 Å². The first-order chi connectivity index (χ1) is 12.5. The van der Waals surface area contributed by atoms with E-state index in [0.717, 1.165) is 5.69 Å². The number of rotatable bonds is 5. The minimum atomic E-state index is -0.196. The summed E-state index contributed by atoms with van der Waals surface area (Å²) in [6, 6.07) is 12.7. The standard InChI is InChI=1S/C20H19ClN2O3/c1-4-26-19-11-14(17(21)12-18(19)25-3)10-16-13(2)22-23(20(16)24)15-8-6-5-7-9-15/h5-12H,4H2,1-3H3/b16-10+. The average Bonchev–Trinajstić information content (AvgIpc) is 2.93. The minimum absolute atomic E-state index is 0.196. The van der Waals surface area contributed by atoms with Gasteiger partial charge in [-0.3, -0.25) is 4.79 Å². The molecular weight excluding hydrogens is 352 g/mol. The van der Waals surface area contributed by atoms with Gasteiger partial charge in [-0.15, -0.1) is 0 Å². The molecule has 0 aliphatic carbocycles. The van der Waals surface area contributed by atoms with Gasteiger partial charge in [0.05, 0.1) is 35.7 Å². The molecule has 2 aromatic rings. The molecule has 0 aromatic heterocycles. The zero-order valence-electron chi connectivity index (χ0n) is 14.8. The van der Waals surface area contributed by atoms with E-state index < -0.39 is 0 Å². The summed E-state index contributed by atoms with van der Waals surface area (Å²) in [6.45, 7) is 4.18. The Morgan fingerprint density at radius 3 is 2.58 bits per heavy atom. The van der Waals surface area contributed by atoms with Crippen molar-refractivity contribution in [3.8, 4) is 11.5 Å². The molecule has 3 rings (SSSR count). The maximum atomic E-state index is 12.8. The summed E-state index contributed by atoms with van der Waals surface area (Å²) in [5, 5.41) is 6.23. The molecular formula is C20H19ClN2O3. The molecule has 0 radical (unpaired) electrons. The van der Waals surface area contributed by atoms with Crippen molar-refractivity contribution < 1.29 is 14.3 Å². The Hall–Kier alpha value is -2.79.